The summed E-state index contributed by atoms with van der Waals surface area (Å²) in [6.07, 6.45) is 2.49. The molecule has 1 aliphatic heterocycles. The molecule has 3 heteroatoms. The van der Waals surface area contributed by atoms with Gasteiger partial charge in [-0.2, -0.15) is 11.8 Å². The van der Waals surface area contributed by atoms with E-state index in [9.17, 15) is 0 Å². The normalized spacial score (nSPS) is 28.8. The SMILES string of the molecule is C=C(C)CNC1(CN)CCCSC1. The second kappa shape index (κ2) is 5.03. The van der Waals surface area contributed by atoms with Crippen LogP contribution in [0, 0.1) is 0 Å². The molecule has 0 aliphatic carbocycles. The van der Waals surface area contributed by atoms with E-state index in [1.165, 1.54) is 24.2 Å². The highest BCUT2D eigenvalue weighted by Crippen LogP contribution is 2.25. The fourth-order valence-electron chi connectivity index (χ4n) is 1.56. The summed E-state index contributed by atoms with van der Waals surface area (Å²) >= 11 is 2.01. The van der Waals surface area contributed by atoms with E-state index >= 15 is 0 Å². The van der Waals surface area contributed by atoms with Crippen molar-refractivity contribution in [3.63, 3.8) is 0 Å². The van der Waals surface area contributed by atoms with Crippen LogP contribution in [0.3, 0.4) is 0 Å². The summed E-state index contributed by atoms with van der Waals surface area (Å²) in [6.45, 7) is 7.59. The fourth-order valence-corrected chi connectivity index (χ4v) is 2.81. The van der Waals surface area contributed by atoms with Crippen LogP contribution in [0.4, 0.5) is 0 Å². The summed E-state index contributed by atoms with van der Waals surface area (Å²) in [5.74, 6) is 2.44. The van der Waals surface area contributed by atoms with Crippen LogP contribution in [-0.4, -0.2) is 30.1 Å². The van der Waals surface area contributed by atoms with Crippen molar-refractivity contribution < 1.29 is 0 Å². The minimum atomic E-state index is 0.182. The van der Waals surface area contributed by atoms with Crippen LogP contribution >= 0.6 is 11.8 Å². The first-order valence-corrected chi connectivity index (χ1v) is 6.01. The van der Waals surface area contributed by atoms with Gasteiger partial charge in [-0.25, -0.2) is 0 Å². The molecule has 76 valence electrons. The predicted octanol–water partition coefficient (Wildman–Crippen LogP) is 1.38. The van der Waals surface area contributed by atoms with Gasteiger partial charge < -0.3 is 11.1 Å². The molecular formula is C10H20N2S. The monoisotopic (exact) mass is 200 g/mol. The van der Waals surface area contributed by atoms with E-state index in [4.69, 9.17) is 5.73 Å². The Morgan fingerprint density at radius 3 is 2.92 bits per heavy atom. The molecule has 0 radical (unpaired) electrons. The second-order valence-electron chi connectivity index (χ2n) is 3.95. The van der Waals surface area contributed by atoms with Crippen molar-refractivity contribution in [2.75, 3.05) is 24.6 Å². The van der Waals surface area contributed by atoms with Gasteiger partial charge in [0.25, 0.3) is 0 Å². The smallest absolute Gasteiger partial charge is 0.0398 e. The fraction of sp³-hybridized carbons (Fsp3) is 0.800. The third-order valence-corrected chi connectivity index (χ3v) is 3.81. The van der Waals surface area contributed by atoms with Crippen molar-refractivity contribution in [2.24, 2.45) is 5.73 Å². The van der Waals surface area contributed by atoms with Crippen molar-refractivity contribution >= 4 is 11.8 Å². The van der Waals surface area contributed by atoms with Gasteiger partial charge in [-0.1, -0.05) is 12.2 Å². The average molecular weight is 200 g/mol. The van der Waals surface area contributed by atoms with Crippen molar-refractivity contribution in [2.45, 2.75) is 25.3 Å². The van der Waals surface area contributed by atoms with Crippen LogP contribution in [0.5, 0.6) is 0 Å². The number of rotatable bonds is 4. The van der Waals surface area contributed by atoms with E-state index in [0.29, 0.717) is 0 Å². The third kappa shape index (κ3) is 3.33. The molecule has 0 saturated carbocycles. The molecule has 13 heavy (non-hydrogen) atoms. The van der Waals surface area contributed by atoms with Gasteiger partial charge in [-0.15, -0.1) is 0 Å². The summed E-state index contributed by atoms with van der Waals surface area (Å²) in [4.78, 5) is 0. The summed E-state index contributed by atoms with van der Waals surface area (Å²) in [6, 6.07) is 0. The molecule has 1 saturated heterocycles. The first-order chi connectivity index (χ1) is 6.18. The number of hydrogen-bond acceptors (Lipinski definition) is 3. The lowest BCUT2D eigenvalue weighted by Gasteiger charge is -2.37. The Morgan fingerprint density at radius 1 is 1.69 bits per heavy atom. The molecule has 0 spiro atoms. The maximum atomic E-state index is 5.82. The highest BCUT2D eigenvalue weighted by molar-refractivity contribution is 7.99. The van der Waals surface area contributed by atoms with Crippen molar-refractivity contribution in [3.05, 3.63) is 12.2 Å². The van der Waals surface area contributed by atoms with Gasteiger partial charge in [0.05, 0.1) is 0 Å². The zero-order valence-corrected chi connectivity index (χ0v) is 9.25. The van der Waals surface area contributed by atoms with Crippen LogP contribution in [0.2, 0.25) is 0 Å². The van der Waals surface area contributed by atoms with Gasteiger partial charge >= 0.3 is 0 Å². The second-order valence-corrected chi connectivity index (χ2v) is 5.06. The number of thioether (sulfide) groups is 1. The van der Waals surface area contributed by atoms with Crippen LogP contribution in [0.1, 0.15) is 19.8 Å². The first kappa shape index (κ1) is 11.1. The van der Waals surface area contributed by atoms with E-state index in [2.05, 4.69) is 11.9 Å². The Labute approximate surface area is 85.3 Å². The minimum absolute atomic E-state index is 0.182. The standard InChI is InChI=1S/C10H20N2S/c1-9(2)6-12-10(7-11)4-3-5-13-8-10/h12H,1,3-8,11H2,2H3. The molecule has 1 atom stereocenters. The molecule has 0 amide bonds. The van der Waals surface area contributed by atoms with Crippen LogP contribution in [-0.2, 0) is 0 Å². The van der Waals surface area contributed by atoms with Crippen LogP contribution in [0.25, 0.3) is 0 Å². The molecular weight excluding hydrogens is 180 g/mol. The summed E-state index contributed by atoms with van der Waals surface area (Å²) in [5, 5.41) is 3.54. The molecule has 2 nitrogen and oxygen atoms in total. The Balaban J connectivity index is 2.42. The van der Waals surface area contributed by atoms with E-state index in [1.807, 2.05) is 18.7 Å². The lowest BCUT2D eigenvalue weighted by atomic mass is 9.95. The third-order valence-electron chi connectivity index (χ3n) is 2.48. The van der Waals surface area contributed by atoms with Gasteiger partial charge in [0.2, 0.25) is 0 Å². The first-order valence-electron chi connectivity index (χ1n) is 4.86. The predicted molar refractivity (Wildman–Crippen MR) is 61.2 cm³/mol. The highest BCUT2D eigenvalue weighted by atomic mass is 32.2. The van der Waals surface area contributed by atoms with Crippen LogP contribution < -0.4 is 11.1 Å². The number of nitrogens with two attached hydrogens (primary N) is 1. The lowest BCUT2D eigenvalue weighted by Crippen LogP contribution is -2.55. The van der Waals surface area contributed by atoms with E-state index in [0.717, 1.165) is 18.8 Å². The maximum absolute atomic E-state index is 5.82. The molecule has 0 aromatic heterocycles. The minimum Gasteiger partial charge on any atom is -0.329 e. The zero-order chi connectivity index (χ0) is 9.73. The van der Waals surface area contributed by atoms with Gasteiger partial charge in [0, 0.05) is 24.4 Å². The van der Waals surface area contributed by atoms with Crippen molar-refractivity contribution in [3.8, 4) is 0 Å². The quantitative estimate of drug-likeness (QED) is 0.673. The summed E-state index contributed by atoms with van der Waals surface area (Å²) in [5.41, 5.74) is 7.19. The van der Waals surface area contributed by atoms with E-state index < -0.39 is 0 Å². The van der Waals surface area contributed by atoms with Crippen molar-refractivity contribution in [1.29, 1.82) is 0 Å². The maximum Gasteiger partial charge on any atom is 0.0398 e. The Hall–Kier alpha value is 0.0100. The van der Waals surface area contributed by atoms with Crippen molar-refractivity contribution in [1.82, 2.24) is 5.32 Å². The largest absolute Gasteiger partial charge is 0.329 e. The van der Waals surface area contributed by atoms with Gasteiger partial charge in [-0.05, 0) is 25.5 Å². The van der Waals surface area contributed by atoms with Gasteiger partial charge in [-0.3, -0.25) is 0 Å². The van der Waals surface area contributed by atoms with E-state index in [-0.39, 0.29) is 5.54 Å². The molecule has 1 unspecified atom stereocenters. The summed E-state index contributed by atoms with van der Waals surface area (Å²) < 4.78 is 0. The Morgan fingerprint density at radius 2 is 2.46 bits per heavy atom. The Kier molecular flexibility index (Phi) is 4.29. The molecule has 0 aromatic rings. The number of hydrogen-bond donors (Lipinski definition) is 2. The molecule has 0 aromatic carbocycles. The zero-order valence-electron chi connectivity index (χ0n) is 8.44. The Bertz CT molecular complexity index is 174. The molecule has 3 N–H and O–H groups in total. The van der Waals surface area contributed by atoms with E-state index in [1.54, 1.807) is 0 Å². The molecule has 1 fully saturated rings. The summed E-state index contributed by atoms with van der Waals surface area (Å²) in [7, 11) is 0. The van der Waals surface area contributed by atoms with Crippen LogP contribution in [0.15, 0.2) is 12.2 Å². The topological polar surface area (TPSA) is 38.0 Å². The molecule has 0 bridgehead atoms. The van der Waals surface area contributed by atoms with Gasteiger partial charge in [0.1, 0.15) is 0 Å². The molecule has 1 heterocycles. The average Bonchev–Trinajstić information content (AvgIpc) is 2.16. The highest BCUT2D eigenvalue weighted by Gasteiger charge is 2.29. The molecule has 1 rings (SSSR count). The lowest BCUT2D eigenvalue weighted by molar-refractivity contribution is 0.349. The number of nitrogens with one attached hydrogen (secondary N) is 1. The van der Waals surface area contributed by atoms with Gasteiger partial charge in [0.15, 0.2) is 0 Å². The molecule has 1 aliphatic rings.